The highest BCUT2D eigenvalue weighted by Crippen LogP contribution is 2.67. The highest BCUT2D eigenvalue weighted by atomic mass is 16.6. The average molecular weight is 422 g/mol. The van der Waals surface area contributed by atoms with Crippen molar-refractivity contribution in [1.29, 1.82) is 0 Å². The molecule has 2 saturated carbocycles. The van der Waals surface area contributed by atoms with Gasteiger partial charge in [0.25, 0.3) is 0 Å². The highest BCUT2D eigenvalue weighted by molar-refractivity contribution is 5.70. The number of piperidine rings is 1. The number of imidazole rings is 1. The van der Waals surface area contributed by atoms with E-state index >= 15 is 0 Å². The Bertz CT molecular complexity index is 1020. The summed E-state index contributed by atoms with van der Waals surface area (Å²) in [5.41, 5.74) is 3.15. The van der Waals surface area contributed by atoms with Gasteiger partial charge in [0.2, 0.25) is 0 Å². The molecule has 1 aromatic carbocycles. The van der Waals surface area contributed by atoms with Gasteiger partial charge in [-0.05, 0) is 57.4 Å². The van der Waals surface area contributed by atoms with Crippen LogP contribution in [0.3, 0.4) is 0 Å². The number of aliphatic hydroxyl groups excluding tert-OH is 1. The van der Waals surface area contributed by atoms with E-state index in [0.29, 0.717) is 24.9 Å². The van der Waals surface area contributed by atoms with Gasteiger partial charge in [-0.2, -0.15) is 0 Å². The molecule has 3 fully saturated rings. The topological polar surface area (TPSA) is 67.6 Å². The molecule has 2 aliphatic carbocycles. The SMILES string of the molecule is CC(C)(C)OC(=O)N1CC2CCC(C1)C21C[C@@H]([C@@H]2c3ccccc3-c3cncn32)[C@H]1O. The molecule has 2 bridgehead atoms. The zero-order valence-electron chi connectivity index (χ0n) is 18.5. The summed E-state index contributed by atoms with van der Waals surface area (Å²) in [5.74, 6) is 0.889. The zero-order valence-corrected chi connectivity index (χ0v) is 18.5. The molecule has 1 N–H and O–H groups in total. The molecule has 164 valence electrons. The van der Waals surface area contributed by atoms with Crippen molar-refractivity contribution >= 4 is 6.09 Å². The third kappa shape index (κ3) is 2.60. The molecule has 3 heterocycles. The largest absolute Gasteiger partial charge is 0.444 e. The molecule has 0 radical (unpaired) electrons. The molecule has 2 aliphatic heterocycles. The van der Waals surface area contributed by atoms with Crippen molar-refractivity contribution in [1.82, 2.24) is 14.5 Å². The molecule has 6 nitrogen and oxygen atoms in total. The quantitative estimate of drug-likeness (QED) is 0.753. The van der Waals surface area contributed by atoms with Gasteiger partial charge in [0.15, 0.2) is 0 Å². The van der Waals surface area contributed by atoms with Crippen LogP contribution in [0, 0.1) is 23.2 Å². The van der Waals surface area contributed by atoms with Gasteiger partial charge >= 0.3 is 6.09 Å². The number of nitrogens with zero attached hydrogens (tertiary/aromatic N) is 3. The van der Waals surface area contributed by atoms with Gasteiger partial charge in [-0.3, -0.25) is 0 Å². The van der Waals surface area contributed by atoms with Crippen LogP contribution in [0.25, 0.3) is 11.3 Å². The smallest absolute Gasteiger partial charge is 0.410 e. The molecule has 1 saturated heterocycles. The predicted molar refractivity (Wildman–Crippen MR) is 116 cm³/mol. The third-order valence-corrected chi connectivity index (χ3v) is 8.39. The van der Waals surface area contributed by atoms with Gasteiger partial charge in [0, 0.05) is 30.0 Å². The van der Waals surface area contributed by atoms with Crippen molar-refractivity contribution in [2.75, 3.05) is 13.1 Å². The molecule has 1 aromatic heterocycles. The van der Waals surface area contributed by atoms with Crippen LogP contribution in [0.5, 0.6) is 0 Å². The van der Waals surface area contributed by atoms with Gasteiger partial charge in [-0.1, -0.05) is 24.3 Å². The van der Waals surface area contributed by atoms with Crippen molar-refractivity contribution in [2.45, 2.75) is 57.8 Å². The third-order valence-electron chi connectivity index (χ3n) is 8.39. The summed E-state index contributed by atoms with van der Waals surface area (Å²) in [7, 11) is 0. The van der Waals surface area contributed by atoms with Crippen molar-refractivity contribution in [3.8, 4) is 11.3 Å². The lowest BCUT2D eigenvalue weighted by atomic mass is 9.48. The maximum absolute atomic E-state index is 12.7. The summed E-state index contributed by atoms with van der Waals surface area (Å²) in [5, 5.41) is 11.7. The predicted octanol–water partition coefficient (Wildman–Crippen LogP) is 4.10. The number of rotatable bonds is 1. The van der Waals surface area contributed by atoms with E-state index in [-0.39, 0.29) is 29.6 Å². The lowest BCUT2D eigenvalue weighted by Crippen LogP contribution is -2.65. The molecule has 5 atom stereocenters. The Morgan fingerprint density at radius 3 is 2.58 bits per heavy atom. The Hall–Kier alpha value is -2.34. The lowest BCUT2D eigenvalue weighted by molar-refractivity contribution is -0.194. The number of amides is 1. The van der Waals surface area contributed by atoms with Crippen LogP contribution in [0.1, 0.15) is 51.6 Å². The van der Waals surface area contributed by atoms with E-state index in [4.69, 9.17) is 4.74 Å². The van der Waals surface area contributed by atoms with Gasteiger partial charge in [0.1, 0.15) is 5.60 Å². The second-order valence-corrected chi connectivity index (χ2v) is 11.0. The monoisotopic (exact) mass is 421 g/mol. The summed E-state index contributed by atoms with van der Waals surface area (Å²) < 4.78 is 7.89. The van der Waals surface area contributed by atoms with Gasteiger partial charge in [-0.25, -0.2) is 9.78 Å². The zero-order chi connectivity index (χ0) is 21.5. The Morgan fingerprint density at radius 2 is 1.90 bits per heavy atom. The van der Waals surface area contributed by atoms with E-state index in [1.807, 2.05) is 38.2 Å². The maximum Gasteiger partial charge on any atom is 0.410 e. The minimum Gasteiger partial charge on any atom is -0.444 e. The number of hydrogen-bond donors (Lipinski definition) is 1. The number of benzene rings is 1. The van der Waals surface area contributed by atoms with E-state index in [0.717, 1.165) is 25.0 Å². The number of aromatic nitrogens is 2. The minimum absolute atomic E-state index is 0.0541. The lowest BCUT2D eigenvalue weighted by Gasteiger charge is -2.61. The van der Waals surface area contributed by atoms with E-state index in [9.17, 15) is 9.90 Å². The minimum atomic E-state index is -0.481. The van der Waals surface area contributed by atoms with Crippen LogP contribution < -0.4 is 0 Å². The Labute approximate surface area is 183 Å². The van der Waals surface area contributed by atoms with Crippen LogP contribution in [-0.4, -0.2) is 50.4 Å². The number of likely N-dealkylation sites (tertiary alicyclic amines) is 1. The Balaban J connectivity index is 1.25. The van der Waals surface area contributed by atoms with E-state index < -0.39 is 5.60 Å². The van der Waals surface area contributed by atoms with E-state index in [2.05, 4.69) is 33.8 Å². The number of aliphatic hydroxyl groups is 1. The van der Waals surface area contributed by atoms with Crippen LogP contribution in [0.4, 0.5) is 4.79 Å². The number of carbonyl (C=O) groups is 1. The van der Waals surface area contributed by atoms with Gasteiger partial charge < -0.3 is 19.3 Å². The van der Waals surface area contributed by atoms with Crippen LogP contribution in [0.2, 0.25) is 0 Å². The molecule has 6 rings (SSSR count). The molecule has 4 aliphatic rings. The molecule has 1 amide bonds. The first-order valence-corrected chi connectivity index (χ1v) is 11.6. The van der Waals surface area contributed by atoms with Gasteiger partial charge in [-0.15, -0.1) is 0 Å². The molecule has 6 heteroatoms. The molecule has 2 aromatic rings. The molecular weight excluding hydrogens is 390 g/mol. The maximum atomic E-state index is 12.7. The average Bonchev–Trinajstić information content (AvgIpc) is 3.35. The van der Waals surface area contributed by atoms with Crippen molar-refractivity contribution < 1.29 is 14.6 Å². The van der Waals surface area contributed by atoms with Crippen molar-refractivity contribution in [2.24, 2.45) is 23.2 Å². The number of hydrogen-bond acceptors (Lipinski definition) is 4. The first-order chi connectivity index (χ1) is 14.8. The summed E-state index contributed by atoms with van der Waals surface area (Å²) in [6, 6.07) is 8.67. The second kappa shape index (κ2) is 6.35. The number of ether oxygens (including phenoxy) is 1. The summed E-state index contributed by atoms with van der Waals surface area (Å²) >= 11 is 0. The van der Waals surface area contributed by atoms with Crippen molar-refractivity contribution in [3.63, 3.8) is 0 Å². The normalized spacial score (nSPS) is 35.6. The number of carbonyl (C=O) groups excluding carboxylic acids is 1. The van der Waals surface area contributed by atoms with Crippen LogP contribution in [0.15, 0.2) is 36.8 Å². The second-order valence-electron chi connectivity index (χ2n) is 11.0. The summed E-state index contributed by atoms with van der Waals surface area (Å²) in [6.45, 7) is 7.14. The van der Waals surface area contributed by atoms with E-state index in [1.54, 1.807) is 0 Å². The van der Waals surface area contributed by atoms with E-state index in [1.165, 1.54) is 11.1 Å². The number of fused-ring (bicyclic) bond motifs is 3. The highest BCUT2D eigenvalue weighted by Gasteiger charge is 2.67. The molecule has 2 unspecified atom stereocenters. The first kappa shape index (κ1) is 19.4. The Kier molecular flexibility index (Phi) is 3.96. The van der Waals surface area contributed by atoms with Crippen molar-refractivity contribution in [3.05, 3.63) is 42.4 Å². The first-order valence-electron chi connectivity index (χ1n) is 11.6. The standard InChI is InChI=1S/C25H31N3O3/c1-24(2,3)31-23(30)27-12-15-8-9-16(13-27)25(15)10-19(22(25)29)21-18-7-5-4-6-17(18)20-11-26-14-28(20)21/h4-7,11,14-16,19,21-22,29H,8-10,12-13H2,1-3H3/t15?,16?,19-,21-,22+,25?/m0/s1. The fourth-order valence-electron chi connectivity index (χ4n) is 7.17. The van der Waals surface area contributed by atoms with Gasteiger partial charge in [0.05, 0.1) is 30.4 Å². The molecule has 1 spiro atoms. The van der Waals surface area contributed by atoms with Crippen LogP contribution >= 0.6 is 0 Å². The molecular formula is C25H31N3O3. The fourth-order valence-corrected chi connectivity index (χ4v) is 7.17. The van der Waals surface area contributed by atoms with Crippen LogP contribution in [-0.2, 0) is 4.74 Å². The Morgan fingerprint density at radius 1 is 1.19 bits per heavy atom. The fraction of sp³-hybridized carbons (Fsp3) is 0.600. The summed E-state index contributed by atoms with van der Waals surface area (Å²) in [4.78, 5) is 19.0. The molecule has 31 heavy (non-hydrogen) atoms. The summed E-state index contributed by atoms with van der Waals surface area (Å²) in [6.07, 6.45) is 6.48.